The fourth-order valence-electron chi connectivity index (χ4n) is 3.13. The summed E-state index contributed by atoms with van der Waals surface area (Å²) in [5.74, 6) is -4.17. The van der Waals surface area contributed by atoms with Crippen molar-refractivity contribution in [2.75, 3.05) is 44.8 Å². The van der Waals surface area contributed by atoms with Crippen LogP contribution in [0.4, 0.5) is 23.7 Å². The second kappa shape index (κ2) is 14.3. The summed E-state index contributed by atoms with van der Waals surface area (Å²) in [6.07, 6.45) is -0.747. The summed E-state index contributed by atoms with van der Waals surface area (Å²) in [7, 11) is 0. The Morgan fingerprint density at radius 3 is 2.36 bits per heavy atom. The summed E-state index contributed by atoms with van der Waals surface area (Å²) in [4.78, 5) is 25.2. The van der Waals surface area contributed by atoms with Crippen LogP contribution >= 0.6 is 0 Å². The van der Waals surface area contributed by atoms with Crippen molar-refractivity contribution in [3.05, 3.63) is 59.9 Å². The SMILES string of the molecule is CCOC(Cc1ccc(OCCN(CCOCC(C)(F)F)C(=O)Nc2ccccc2F)cc1)C(=O)O. The van der Waals surface area contributed by atoms with Gasteiger partial charge in [0, 0.05) is 26.5 Å². The van der Waals surface area contributed by atoms with Crippen LogP contribution in [-0.4, -0.2) is 73.6 Å². The van der Waals surface area contributed by atoms with Crippen molar-refractivity contribution in [1.29, 1.82) is 0 Å². The van der Waals surface area contributed by atoms with Gasteiger partial charge in [0.05, 0.1) is 18.8 Å². The van der Waals surface area contributed by atoms with E-state index >= 15 is 0 Å². The van der Waals surface area contributed by atoms with Crippen molar-refractivity contribution >= 4 is 17.7 Å². The first-order valence-corrected chi connectivity index (χ1v) is 11.4. The van der Waals surface area contributed by atoms with Gasteiger partial charge in [-0.2, -0.15) is 0 Å². The lowest BCUT2D eigenvalue weighted by molar-refractivity contribution is -0.149. The quantitative estimate of drug-likeness (QED) is 0.343. The van der Waals surface area contributed by atoms with Crippen LogP contribution in [0.25, 0.3) is 0 Å². The Morgan fingerprint density at radius 2 is 1.75 bits per heavy atom. The van der Waals surface area contributed by atoms with Crippen molar-refractivity contribution in [1.82, 2.24) is 4.90 Å². The van der Waals surface area contributed by atoms with Crippen LogP contribution in [0, 0.1) is 5.82 Å². The number of alkyl halides is 2. The molecular weight excluding hydrogens is 481 g/mol. The first-order valence-electron chi connectivity index (χ1n) is 11.4. The minimum atomic E-state index is -3.00. The molecular formula is C25H31F3N2O6. The van der Waals surface area contributed by atoms with E-state index in [1.807, 2.05) is 0 Å². The number of nitrogens with zero attached hydrogens (tertiary/aromatic N) is 1. The van der Waals surface area contributed by atoms with E-state index in [9.17, 15) is 27.9 Å². The number of anilines is 1. The zero-order valence-electron chi connectivity index (χ0n) is 20.2. The molecule has 2 aromatic carbocycles. The molecule has 0 aromatic heterocycles. The second-order valence-corrected chi connectivity index (χ2v) is 8.00. The number of ether oxygens (including phenoxy) is 3. The first-order chi connectivity index (χ1) is 17.1. The van der Waals surface area contributed by atoms with E-state index in [2.05, 4.69) is 5.32 Å². The maximum atomic E-state index is 13.9. The van der Waals surface area contributed by atoms with Crippen LogP contribution < -0.4 is 10.1 Å². The minimum Gasteiger partial charge on any atom is -0.492 e. The second-order valence-electron chi connectivity index (χ2n) is 8.00. The number of carbonyl (C=O) groups is 2. The number of urea groups is 1. The van der Waals surface area contributed by atoms with Crippen LogP contribution in [0.15, 0.2) is 48.5 Å². The van der Waals surface area contributed by atoms with Gasteiger partial charge in [0.25, 0.3) is 5.92 Å². The average molecular weight is 513 g/mol. The van der Waals surface area contributed by atoms with Gasteiger partial charge in [-0.15, -0.1) is 0 Å². The molecule has 0 fully saturated rings. The number of rotatable bonds is 15. The third-order valence-electron chi connectivity index (χ3n) is 4.88. The fourth-order valence-corrected chi connectivity index (χ4v) is 3.13. The topological polar surface area (TPSA) is 97.3 Å². The Bertz CT molecular complexity index is 969. The third kappa shape index (κ3) is 10.5. The molecule has 198 valence electrons. The summed E-state index contributed by atoms with van der Waals surface area (Å²) in [6, 6.07) is 11.8. The molecule has 0 bridgehead atoms. The monoisotopic (exact) mass is 512 g/mol. The van der Waals surface area contributed by atoms with E-state index in [4.69, 9.17) is 14.2 Å². The highest BCUT2D eigenvalue weighted by Crippen LogP contribution is 2.16. The summed E-state index contributed by atoms with van der Waals surface area (Å²) in [6.45, 7) is 1.91. The maximum Gasteiger partial charge on any atom is 0.333 e. The first kappa shape index (κ1) is 28.9. The van der Waals surface area contributed by atoms with E-state index in [1.54, 1.807) is 37.3 Å². The molecule has 0 aliphatic carbocycles. The summed E-state index contributed by atoms with van der Waals surface area (Å²) in [5, 5.41) is 11.7. The number of aliphatic carboxylic acids is 1. The fraction of sp³-hybridized carbons (Fsp3) is 0.440. The molecule has 2 N–H and O–H groups in total. The number of benzene rings is 2. The summed E-state index contributed by atoms with van der Waals surface area (Å²) >= 11 is 0. The van der Waals surface area contributed by atoms with Crippen LogP contribution in [0.1, 0.15) is 19.4 Å². The molecule has 1 atom stereocenters. The lowest BCUT2D eigenvalue weighted by Crippen LogP contribution is -2.40. The van der Waals surface area contributed by atoms with Crippen molar-refractivity contribution in [3.8, 4) is 5.75 Å². The molecule has 0 spiro atoms. The lowest BCUT2D eigenvalue weighted by atomic mass is 10.1. The molecule has 36 heavy (non-hydrogen) atoms. The van der Waals surface area contributed by atoms with Gasteiger partial charge >= 0.3 is 12.0 Å². The molecule has 0 aliphatic rings. The van der Waals surface area contributed by atoms with Crippen molar-refractivity contribution in [2.24, 2.45) is 0 Å². The molecule has 2 amide bonds. The van der Waals surface area contributed by atoms with Crippen molar-refractivity contribution in [2.45, 2.75) is 32.3 Å². The Morgan fingerprint density at radius 1 is 1.08 bits per heavy atom. The Labute approximate surface area is 207 Å². The lowest BCUT2D eigenvalue weighted by Gasteiger charge is -2.24. The molecule has 2 rings (SSSR count). The number of nitrogens with one attached hydrogen (secondary N) is 1. The normalized spacial score (nSPS) is 12.1. The van der Waals surface area contributed by atoms with Gasteiger partial charge in [0.2, 0.25) is 0 Å². The molecule has 0 saturated heterocycles. The molecule has 0 aliphatic heterocycles. The highest BCUT2D eigenvalue weighted by Gasteiger charge is 2.22. The van der Waals surface area contributed by atoms with Crippen LogP contribution in [0.2, 0.25) is 0 Å². The van der Waals surface area contributed by atoms with Crippen molar-refractivity contribution in [3.63, 3.8) is 0 Å². The van der Waals surface area contributed by atoms with E-state index < -0.39 is 36.5 Å². The van der Waals surface area contributed by atoms with Crippen LogP contribution in [-0.2, 0) is 20.7 Å². The molecule has 0 saturated carbocycles. The largest absolute Gasteiger partial charge is 0.492 e. The zero-order chi connectivity index (χ0) is 26.6. The molecule has 8 nitrogen and oxygen atoms in total. The molecule has 0 heterocycles. The number of halogens is 3. The van der Waals surface area contributed by atoms with Crippen LogP contribution in [0.5, 0.6) is 5.75 Å². The zero-order valence-corrected chi connectivity index (χ0v) is 20.2. The number of amides is 2. The van der Waals surface area contributed by atoms with Gasteiger partial charge in [0.1, 0.15) is 24.8 Å². The minimum absolute atomic E-state index is 0.0169. The van der Waals surface area contributed by atoms with E-state index in [0.717, 1.165) is 12.5 Å². The number of para-hydroxylation sites is 1. The average Bonchev–Trinajstić information content (AvgIpc) is 2.82. The molecule has 11 heteroatoms. The van der Waals surface area contributed by atoms with Gasteiger partial charge in [0.15, 0.2) is 6.10 Å². The molecule has 0 radical (unpaired) electrons. The maximum absolute atomic E-state index is 13.9. The predicted molar refractivity (Wildman–Crippen MR) is 127 cm³/mol. The number of hydrogen-bond donors (Lipinski definition) is 2. The smallest absolute Gasteiger partial charge is 0.333 e. The van der Waals surface area contributed by atoms with Gasteiger partial charge in [-0.25, -0.2) is 22.8 Å². The highest BCUT2D eigenvalue weighted by molar-refractivity contribution is 5.89. The van der Waals surface area contributed by atoms with Crippen LogP contribution in [0.3, 0.4) is 0 Å². The number of hydrogen-bond acceptors (Lipinski definition) is 5. The summed E-state index contributed by atoms with van der Waals surface area (Å²) < 4.78 is 55.7. The standard InChI is InChI=1S/C25H31F3N2O6/c1-3-35-22(23(31)32)16-18-8-10-19(11-9-18)36-15-13-30(12-14-34-17-25(2,27)28)24(33)29-21-7-5-4-6-20(21)26/h4-11,22H,3,12-17H2,1-2H3,(H,29,33)(H,31,32). The van der Waals surface area contributed by atoms with Gasteiger partial charge < -0.3 is 29.5 Å². The van der Waals surface area contributed by atoms with E-state index in [1.165, 1.54) is 23.1 Å². The van der Waals surface area contributed by atoms with Gasteiger partial charge in [-0.1, -0.05) is 24.3 Å². The highest BCUT2D eigenvalue weighted by atomic mass is 19.3. The Balaban J connectivity index is 1.93. The number of carboxylic acids is 1. The Kier molecular flexibility index (Phi) is 11.5. The number of carbonyl (C=O) groups excluding carboxylic acids is 1. The van der Waals surface area contributed by atoms with Gasteiger partial charge in [-0.3, -0.25) is 0 Å². The van der Waals surface area contributed by atoms with Gasteiger partial charge in [-0.05, 0) is 36.8 Å². The van der Waals surface area contributed by atoms with Crippen molar-refractivity contribution < 1.29 is 42.1 Å². The molecule has 2 aromatic rings. The third-order valence-corrected chi connectivity index (χ3v) is 4.88. The molecule has 1 unspecified atom stereocenters. The predicted octanol–water partition coefficient (Wildman–Crippen LogP) is 4.44. The Hall–Kier alpha value is -3.31. The van der Waals surface area contributed by atoms with E-state index in [-0.39, 0.29) is 45.0 Å². The summed E-state index contributed by atoms with van der Waals surface area (Å²) in [5.41, 5.74) is 0.732. The number of carboxylic acid groups (broad SMARTS) is 1. The van der Waals surface area contributed by atoms with E-state index in [0.29, 0.717) is 5.75 Å².